The van der Waals surface area contributed by atoms with Crippen molar-refractivity contribution in [3.63, 3.8) is 0 Å². The zero-order chi connectivity index (χ0) is 14.5. The lowest BCUT2D eigenvalue weighted by Crippen LogP contribution is -2.27. The van der Waals surface area contributed by atoms with Crippen molar-refractivity contribution >= 4 is 12.1 Å². The summed E-state index contributed by atoms with van der Waals surface area (Å²) in [5.74, 6) is -0.526. The second kappa shape index (κ2) is 11.8. The number of esters is 1. The molecule has 0 saturated heterocycles. The van der Waals surface area contributed by atoms with Gasteiger partial charge >= 0.3 is 12.1 Å². The van der Waals surface area contributed by atoms with Crippen LogP contribution >= 0.6 is 0 Å². The smallest absolute Gasteiger partial charge is 0.463 e. The third kappa shape index (κ3) is 10.4. The molecule has 0 aliphatic rings. The SMILES string of the molecule is CCCCCCCCOC(=O)C(C)OC(=O)OCC. The first kappa shape index (κ1) is 17.7. The molecule has 0 aliphatic heterocycles. The quantitative estimate of drug-likeness (QED) is 0.451. The average molecular weight is 274 g/mol. The Bertz CT molecular complexity index is 252. The van der Waals surface area contributed by atoms with Crippen molar-refractivity contribution in [1.29, 1.82) is 0 Å². The van der Waals surface area contributed by atoms with E-state index >= 15 is 0 Å². The molecule has 5 nitrogen and oxygen atoms in total. The predicted octanol–water partition coefficient (Wildman–Crippen LogP) is 3.45. The number of carbonyl (C=O) groups excluding carboxylic acids is 2. The molecule has 19 heavy (non-hydrogen) atoms. The molecule has 5 heteroatoms. The molecular weight excluding hydrogens is 248 g/mol. The van der Waals surface area contributed by atoms with Gasteiger partial charge in [-0.2, -0.15) is 0 Å². The minimum atomic E-state index is -0.917. The Kier molecular flexibility index (Phi) is 11.0. The van der Waals surface area contributed by atoms with Crippen LogP contribution in [0.5, 0.6) is 0 Å². The minimum absolute atomic E-state index is 0.221. The molecule has 0 fully saturated rings. The van der Waals surface area contributed by atoms with Gasteiger partial charge in [-0.15, -0.1) is 0 Å². The van der Waals surface area contributed by atoms with E-state index in [1.165, 1.54) is 32.6 Å². The molecule has 0 bridgehead atoms. The fraction of sp³-hybridized carbons (Fsp3) is 0.857. The van der Waals surface area contributed by atoms with Gasteiger partial charge in [0.15, 0.2) is 6.10 Å². The Hall–Kier alpha value is -1.26. The van der Waals surface area contributed by atoms with E-state index in [1.807, 2.05) is 0 Å². The van der Waals surface area contributed by atoms with Crippen molar-refractivity contribution in [2.24, 2.45) is 0 Å². The van der Waals surface area contributed by atoms with Crippen LogP contribution in [0.3, 0.4) is 0 Å². The molecule has 0 aromatic rings. The molecule has 0 aromatic heterocycles. The maximum Gasteiger partial charge on any atom is 0.509 e. The molecule has 0 amide bonds. The number of rotatable bonds is 10. The summed E-state index contributed by atoms with van der Waals surface area (Å²) >= 11 is 0. The van der Waals surface area contributed by atoms with E-state index in [4.69, 9.17) is 9.47 Å². The fourth-order valence-electron chi connectivity index (χ4n) is 1.52. The lowest BCUT2D eigenvalue weighted by Gasteiger charge is -2.12. The number of unbranched alkanes of at least 4 members (excludes halogenated alkanes) is 5. The molecule has 0 aromatic carbocycles. The van der Waals surface area contributed by atoms with Gasteiger partial charge in [0.25, 0.3) is 0 Å². The summed E-state index contributed by atoms with van der Waals surface area (Å²) in [4.78, 5) is 22.4. The maximum atomic E-state index is 11.5. The van der Waals surface area contributed by atoms with Crippen molar-refractivity contribution in [3.05, 3.63) is 0 Å². The first-order valence-electron chi connectivity index (χ1n) is 7.11. The van der Waals surface area contributed by atoms with Gasteiger partial charge < -0.3 is 14.2 Å². The molecule has 1 atom stereocenters. The zero-order valence-electron chi connectivity index (χ0n) is 12.3. The van der Waals surface area contributed by atoms with Gasteiger partial charge in [-0.05, 0) is 20.3 Å². The predicted molar refractivity (Wildman–Crippen MR) is 71.9 cm³/mol. The first-order chi connectivity index (χ1) is 9.11. The van der Waals surface area contributed by atoms with Crippen molar-refractivity contribution in [2.45, 2.75) is 65.4 Å². The van der Waals surface area contributed by atoms with E-state index in [0.717, 1.165) is 12.8 Å². The Morgan fingerprint density at radius 2 is 1.58 bits per heavy atom. The van der Waals surface area contributed by atoms with Gasteiger partial charge in [-0.1, -0.05) is 39.0 Å². The summed E-state index contributed by atoms with van der Waals surface area (Å²) in [5, 5.41) is 0. The number of hydrogen-bond acceptors (Lipinski definition) is 5. The first-order valence-corrected chi connectivity index (χ1v) is 7.11. The molecular formula is C14H26O5. The van der Waals surface area contributed by atoms with Gasteiger partial charge in [-0.3, -0.25) is 0 Å². The van der Waals surface area contributed by atoms with E-state index in [-0.39, 0.29) is 6.61 Å². The van der Waals surface area contributed by atoms with Gasteiger partial charge in [-0.25, -0.2) is 9.59 Å². The molecule has 0 saturated carbocycles. The fourth-order valence-corrected chi connectivity index (χ4v) is 1.52. The lowest BCUT2D eigenvalue weighted by atomic mass is 10.1. The third-order valence-electron chi connectivity index (χ3n) is 2.61. The van der Waals surface area contributed by atoms with E-state index in [9.17, 15) is 9.59 Å². The van der Waals surface area contributed by atoms with Gasteiger partial charge in [0.2, 0.25) is 0 Å². The molecule has 0 radical (unpaired) electrons. The van der Waals surface area contributed by atoms with E-state index in [0.29, 0.717) is 6.61 Å². The summed E-state index contributed by atoms with van der Waals surface area (Å²) in [6.07, 6.45) is 5.02. The number of carbonyl (C=O) groups is 2. The monoisotopic (exact) mass is 274 g/mol. The molecule has 0 rings (SSSR count). The lowest BCUT2D eigenvalue weighted by molar-refractivity contribution is -0.154. The van der Waals surface area contributed by atoms with Crippen LogP contribution < -0.4 is 0 Å². The second-order valence-electron chi connectivity index (χ2n) is 4.38. The third-order valence-corrected chi connectivity index (χ3v) is 2.61. The van der Waals surface area contributed by atoms with Crippen LogP contribution in [0.4, 0.5) is 4.79 Å². The van der Waals surface area contributed by atoms with Gasteiger partial charge in [0.05, 0.1) is 13.2 Å². The van der Waals surface area contributed by atoms with Crippen LogP contribution in [0.15, 0.2) is 0 Å². The van der Waals surface area contributed by atoms with E-state index in [2.05, 4.69) is 11.7 Å². The van der Waals surface area contributed by atoms with Crippen LogP contribution in [0.2, 0.25) is 0 Å². The topological polar surface area (TPSA) is 61.8 Å². The summed E-state index contributed by atoms with van der Waals surface area (Å²) in [5.41, 5.74) is 0. The average Bonchev–Trinajstić information content (AvgIpc) is 2.37. The number of ether oxygens (including phenoxy) is 3. The van der Waals surface area contributed by atoms with Crippen LogP contribution in [-0.2, 0) is 19.0 Å². The Balaban J connectivity index is 3.54. The Morgan fingerprint density at radius 3 is 2.21 bits per heavy atom. The van der Waals surface area contributed by atoms with Gasteiger partial charge in [0.1, 0.15) is 0 Å². The summed E-state index contributed by atoms with van der Waals surface area (Å²) in [6.45, 7) is 5.91. The van der Waals surface area contributed by atoms with Crippen LogP contribution in [0.25, 0.3) is 0 Å². The highest BCUT2D eigenvalue weighted by atomic mass is 16.7. The Morgan fingerprint density at radius 1 is 0.947 bits per heavy atom. The van der Waals surface area contributed by atoms with Crippen molar-refractivity contribution in [3.8, 4) is 0 Å². The second-order valence-corrected chi connectivity index (χ2v) is 4.38. The molecule has 112 valence electrons. The largest absolute Gasteiger partial charge is 0.509 e. The van der Waals surface area contributed by atoms with E-state index < -0.39 is 18.2 Å². The molecule has 0 spiro atoms. The molecule has 0 heterocycles. The highest BCUT2D eigenvalue weighted by Crippen LogP contribution is 2.05. The van der Waals surface area contributed by atoms with E-state index in [1.54, 1.807) is 6.92 Å². The highest BCUT2D eigenvalue weighted by molar-refractivity contribution is 5.76. The minimum Gasteiger partial charge on any atom is -0.463 e. The van der Waals surface area contributed by atoms with Crippen LogP contribution in [-0.4, -0.2) is 31.4 Å². The van der Waals surface area contributed by atoms with Gasteiger partial charge in [0, 0.05) is 0 Å². The van der Waals surface area contributed by atoms with Crippen molar-refractivity contribution < 1.29 is 23.8 Å². The Labute approximate surface area is 115 Å². The highest BCUT2D eigenvalue weighted by Gasteiger charge is 2.19. The van der Waals surface area contributed by atoms with Crippen LogP contribution in [0, 0.1) is 0 Å². The van der Waals surface area contributed by atoms with Crippen LogP contribution in [0.1, 0.15) is 59.3 Å². The number of hydrogen-bond donors (Lipinski definition) is 0. The molecule has 1 unspecified atom stereocenters. The summed E-state index contributed by atoms with van der Waals surface area (Å²) in [6, 6.07) is 0. The molecule has 0 N–H and O–H groups in total. The summed E-state index contributed by atoms with van der Waals surface area (Å²) < 4.78 is 14.3. The van der Waals surface area contributed by atoms with Crippen molar-refractivity contribution in [2.75, 3.05) is 13.2 Å². The zero-order valence-corrected chi connectivity index (χ0v) is 12.3. The normalized spacial score (nSPS) is 11.7. The summed E-state index contributed by atoms with van der Waals surface area (Å²) in [7, 11) is 0. The van der Waals surface area contributed by atoms with Crippen molar-refractivity contribution in [1.82, 2.24) is 0 Å². The standard InChI is InChI=1S/C14H26O5/c1-4-6-7-8-9-10-11-18-13(15)12(3)19-14(16)17-5-2/h12H,4-11H2,1-3H3. The molecule has 0 aliphatic carbocycles. The maximum absolute atomic E-state index is 11.5.